The first-order chi connectivity index (χ1) is 18.7. The molecule has 1 heterocycles. The highest BCUT2D eigenvalue weighted by atomic mass is 79.9. The van der Waals surface area contributed by atoms with Gasteiger partial charge in [-0.15, -0.1) is 11.3 Å². The van der Waals surface area contributed by atoms with Crippen LogP contribution in [0.4, 0.5) is 0 Å². The molecule has 0 bridgehead atoms. The Hall–Kier alpha value is -3.98. The lowest BCUT2D eigenvalue weighted by Crippen LogP contribution is -1.87. The summed E-state index contributed by atoms with van der Waals surface area (Å²) in [5.74, 6) is 0. The van der Waals surface area contributed by atoms with Crippen LogP contribution in [-0.2, 0) is 0 Å². The van der Waals surface area contributed by atoms with E-state index in [2.05, 4.69) is 155 Å². The molecular formula is C36H23BrS. The van der Waals surface area contributed by atoms with E-state index in [1.807, 2.05) is 11.3 Å². The zero-order valence-corrected chi connectivity index (χ0v) is 23.0. The van der Waals surface area contributed by atoms with Crippen LogP contribution in [0.25, 0.3) is 64.7 Å². The topological polar surface area (TPSA) is 0 Å². The molecule has 0 radical (unpaired) electrons. The summed E-state index contributed by atoms with van der Waals surface area (Å²) in [6.45, 7) is 0. The van der Waals surface area contributed by atoms with Gasteiger partial charge < -0.3 is 0 Å². The number of rotatable bonds is 4. The summed E-state index contributed by atoms with van der Waals surface area (Å²) >= 11 is 5.71. The highest BCUT2D eigenvalue weighted by Crippen LogP contribution is 2.42. The SMILES string of the molecule is Brc1cc(-c2cc(-c3ccccc3)cc(-c3ccccc3)c2)cc(-c2cccc3c2sc2ccccc23)c1. The van der Waals surface area contributed by atoms with Gasteiger partial charge in [0.05, 0.1) is 0 Å². The molecule has 38 heavy (non-hydrogen) atoms. The van der Waals surface area contributed by atoms with Crippen molar-refractivity contribution in [2.75, 3.05) is 0 Å². The molecule has 0 aliphatic rings. The average Bonchev–Trinajstić information content (AvgIpc) is 3.36. The van der Waals surface area contributed by atoms with Gasteiger partial charge >= 0.3 is 0 Å². The monoisotopic (exact) mass is 566 g/mol. The zero-order chi connectivity index (χ0) is 25.5. The molecule has 0 saturated heterocycles. The van der Waals surface area contributed by atoms with Crippen LogP contribution in [0.15, 0.2) is 144 Å². The Kier molecular flexibility index (Phi) is 5.92. The van der Waals surface area contributed by atoms with E-state index in [1.54, 1.807) is 0 Å². The molecule has 1 aromatic heterocycles. The summed E-state index contributed by atoms with van der Waals surface area (Å²) in [5.41, 5.74) is 9.77. The van der Waals surface area contributed by atoms with Crippen molar-refractivity contribution in [3.05, 3.63) is 144 Å². The zero-order valence-electron chi connectivity index (χ0n) is 20.6. The van der Waals surface area contributed by atoms with E-state index >= 15 is 0 Å². The molecule has 0 N–H and O–H groups in total. The van der Waals surface area contributed by atoms with Crippen LogP contribution in [0, 0.1) is 0 Å². The molecule has 0 amide bonds. The molecular weight excluding hydrogens is 544 g/mol. The fourth-order valence-corrected chi connectivity index (χ4v) is 7.01. The van der Waals surface area contributed by atoms with Crippen LogP contribution < -0.4 is 0 Å². The van der Waals surface area contributed by atoms with Crippen molar-refractivity contribution < 1.29 is 0 Å². The number of hydrogen-bond donors (Lipinski definition) is 0. The second-order valence-electron chi connectivity index (χ2n) is 9.54. The van der Waals surface area contributed by atoms with Gasteiger partial charge in [0.2, 0.25) is 0 Å². The van der Waals surface area contributed by atoms with E-state index in [9.17, 15) is 0 Å². The molecule has 2 heteroatoms. The van der Waals surface area contributed by atoms with Crippen LogP contribution in [-0.4, -0.2) is 0 Å². The Balaban J connectivity index is 1.43. The predicted octanol–water partition coefficient (Wildman–Crippen LogP) is 11.5. The van der Waals surface area contributed by atoms with E-state index in [1.165, 1.54) is 64.7 Å². The van der Waals surface area contributed by atoms with Gasteiger partial charge in [-0.25, -0.2) is 0 Å². The molecule has 180 valence electrons. The number of thiophene rings is 1. The second kappa shape index (κ2) is 9.72. The molecule has 7 rings (SSSR count). The van der Waals surface area contributed by atoms with E-state index in [-0.39, 0.29) is 0 Å². The minimum Gasteiger partial charge on any atom is -0.135 e. The maximum Gasteiger partial charge on any atom is 0.0433 e. The first kappa shape index (κ1) is 23.2. The Morgan fingerprint density at radius 3 is 1.58 bits per heavy atom. The van der Waals surface area contributed by atoms with Crippen LogP contribution in [0.1, 0.15) is 0 Å². The third-order valence-corrected chi connectivity index (χ3v) is 8.77. The van der Waals surface area contributed by atoms with Gasteiger partial charge in [0.15, 0.2) is 0 Å². The van der Waals surface area contributed by atoms with Crippen LogP contribution >= 0.6 is 27.3 Å². The smallest absolute Gasteiger partial charge is 0.0433 e. The van der Waals surface area contributed by atoms with Gasteiger partial charge in [0.25, 0.3) is 0 Å². The van der Waals surface area contributed by atoms with Crippen molar-refractivity contribution in [2.24, 2.45) is 0 Å². The normalized spacial score (nSPS) is 11.3. The minimum absolute atomic E-state index is 1.08. The third-order valence-electron chi connectivity index (χ3n) is 7.09. The highest BCUT2D eigenvalue weighted by molar-refractivity contribution is 9.10. The molecule has 0 spiro atoms. The lowest BCUT2D eigenvalue weighted by Gasteiger charge is -2.13. The van der Waals surface area contributed by atoms with Crippen LogP contribution in [0.3, 0.4) is 0 Å². The standard InChI is InChI=1S/C36H23BrS/c37-31-22-29(21-30(23-31)32-15-9-16-34-33-14-7-8-17-35(33)38-36(32)34)28-19-26(24-10-3-1-4-11-24)18-27(20-28)25-12-5-2-6-13-25/h1-23H. The van der Waals surface area contributed by atoms with E-state index in [4.69, 9.17) is 0 Å². The molecule has 0 nitrogen and oxygen atoms in total. The molecule has 0 aliphatic heterocycles. The molecule has 6 aromatic carbocycles. The molecule has 0 atom stereocenters. The van der Waals surface area contributed by atoms with E-state index < -0.39 is 0 Å². The summed E-state index contributed by atoms with van der Waals surface area (Å²) in [6, 6.07) is 50.4. The Morgan fingerprint density at radius 2 is 0.895 bits per heavy atom. The highest BCUT2D eigenvalue weighted by Gasteiger charge is 2.13. The van der Waals surface area contributed by atoms with Gasteiger partial charge in [0.1, 0.15) is 0 Å². The Labute approximate surface area is 235 Å². The van der Waals surface area contributed by atoms with E-state index in [0.29, 0.717) is 0 Å². The summed E-state index contributed by atoms with van der Waals surface area (Å²) in [4.78, 5) is 0. The second-order valence-corrected chi connectivity index (χ2v) is 11.5. The van der Waals surface area contributed by atoms with Gasteiger partial charge in [0, 0.05) is 24.6 Å². The minimum atomic E-state index is 1.08. The fraction of sp³-hybridized carbons (Fsp3) is 0. The van der Waals surface area contributed by atoms with Crippen molar-refractivity contribution in [3.8, 4) is 44.5 Å². The lowest BCUT2D eigenvalue weighted by molar-refractivity contribution is 1.55. The molecule has 7 aromatic rings. The molecule has 0 saturated carbocycles. The molecule has 0 fully saturated rings. The van der Waals surface area contributed by atoms with Crippen molar-refractivity contribution in [1.82, 2.24) is 0 Å². The summed E-state index contributed by atoms with van der Waals surface area (Å²) in [5, 5.41) is 2.65. The van der Waals surface area contributed by atoms with E-state index in [0.717, 1.165) is 4.47 Å². The number of benzene rings is 6. The maximum absolute atomic E-state index is 3.84. The number of fused-ring (bicyclic) bond motifs is 3. The van der Waals surface area contributed by atoms with Gasteiger partial charge in [-0.3, -0.25) is 0 Å². The maximum atomic E-state index is 3.84. The Morgan fingerprint density at radius 1 is 0.395 bits per heavy atom. The summed E-state index contributed by atoms with van der Waals surface area (Å²) in [6.07, 6.45) is 0. The van der Waals surface area contributed by atoms with Crippen molar-refractivity contribution in [2.45, 2.75) is 0 Å². The predicted molar refractivity (Wildman–Crippen MR) is 169 cm³/mol. The van der Waals surface area contributed by atoms with Crippen LogP contribution in [0.2, 0.25) is 0 Å². The van der Waals surface area contributed by atoms with Crippen molar-refractivity contribution in [1.29, 1.82) is 0 Å². The van der Waals surface area contributed by atoms with Crippen molar-refractivity contribution in [3.63, 3.8) is 0 Å². The summed E-state index contributed by atoms with van der Waals surface area (Å²) < 4.78 is 3.74. The van der Waals surface area contributed by atoms with Crippen LogP contribution in [0.5, 0.6) is 0 Å². The van der Waals surface area contributed by atoms with Gasteiger partial charge in [-0.05, 0) is 87.0 Å². The third kappa shape index (κ3) is 4.26. The van der Waals surface area contributed by atoms with Crippen molar-refractivity contribution >= 4 is 47.4 Å². The first-order valence-corrected chi connectivity index (χ1v) is 14.3. The number of halogens is 1. The number of hydrogen-bond acceptors (Lipinski definition) is 1. The van der Waals surface area contributed by atoms with Gasteiger partial charge in [-0.1, -0.05) is 113 Å². The first-order valence-electron chi connectivity index (χ1n) is 12.7. The molecule has 0 unspecified atom stereocenters. The Bertz CT molecular complexity index is 1860. The van der Waals surface area contributed by atoms with Gasteiger partial charge in [-0.2, -0.15) is 0 Å². The fourth-order valence-electron chi connectivity index (χ4n) is 5.28. The summed E-state index contributed by atoms with van der Waals surface area (Å²) in [7, 11) is 0. The lowest BCUT2D eigenvalue weighted by atomic mass is 9.92. The average molecular weight is 568 g/mol. The quantitative estimate of drug-likeness (QED) is 0.198. The molecule has 0 aliphatic carbocycles. The largest absolute Gasteiger partial charge is 0.135 e.